The van der Waals surface area contributed by atoms with Crippen LogP contribution in [0.3, 0.4) is 0 Å². The SMILES string of the molecule is Cc1cccc([C@H](C)NC(=O)[C@H]2CC(C)C[C@H]2C(=O)O)c1. The van der Waals surface area contributed by atoms with Crippen LogP contribution in [0.5, 0.6) is 0 Å². The van der Waals surface area contributed by atoms with Gasteiger partial charge in [0, 0.05) is 0 Å². The van der Waals surface area contributed by atoms with Gasteiger partial charge in [-0.3, -0.25) is 9.59 Å². The van der Waals surface area contributed by atoms with Crippen molar-refractivity contribution in [1.82, 2.24) is 5.32 Å². The zero-order valence-electron chi connectivity index (χ0n) is 12.8. The van der Waals surface area contributed by atoms with Crippen LogP contribution in [-0.4, -0.2) is 17.0 Å². The Morgan fingerprint density at radius 1 is 1.29 bits per heavy atom. The van der Waals surface area contributed by atoms with Gasteiger partial charge in [0.1, 0.15) is 0 Å². The van der Waals surface area contributed by atoms with Crippen molar-refractivity contribution in [2.24, 2.45) is 17.8 Å². The summed E-state index contributed by atoms with van der Waals surface area (Å²) in [6.45, 7) is 5.95. The molecule has 1 aromatic carbocycles. The van der Waals surface area contributed by atoms with Crippen LogP contribution < -0.4 is 5.32 Å². The minimum Gasteiger partial charge on any atom is -0.481 e. The van der Waals surface area contributed by atoms with Crippen LogP contribution in [-0.2, 0) is 9.59 Å². The van der Waals surface area contributed by atoms with Gasteiger partial charge in [0.2, 0.25) is 5.91 Å². The molecule has 0 aliphatic heterocycles. The Morgan fingerprint density at radius 2 is 1.95 bits per heavy atom. The van der Waals surface area contributed by atoms with Gasteiger partial charge in [-0.05, 0) is 38.2 Å². The topological polar surface area (TPSA) is 66.4 Å². The molecular formula is C17H23NO3. The van der Waals surface area contributed by atoms with Gasteiger partial charge in [-0.15, -0.1) is 0 Å². The van der Waals surface area contributed by atoms with Crippen LogP contribution in [0, 0.1) is 24.7 Å². The summed E-state index contributed by atoms with van der Waals surface area (Å²) in [7, 11) is 0. The fourth-order valence-corrected chi connectivity index (χ4v) is 3.20. The lowest BCUT2D eigenvalue weighted by Crippen LogP contribution is -2.36. The summed E-state index contributed by atoms with van der Waals surface area (Å²) in [5.74, 6) is -1.67. The van der Waals surface area contributed by atoms with Crippen molar-refractivity contribution in [3.63, 3.8) is 0 Å². The third kappa shape index (κ3) is 3.63. The highest BCUT2D eigenvalue weighted by Gasteiger charge is 2.41. The Kier molecular flexibility index (Phi) is 4.66. The van der Waals surface area contributed by atoms with E-state index in [9.17, 15) is 14.7 Å². The molecule has 0 spiro atoms. The summed E-state index contributed by atoms with van der Waals surface area (Å²) in [5, 5.41) is 12.2. The van der Waals surface area contributed by atoms with Crippen molar-refractivity contribution < 1.29 is 14.7 Å². The lowest BCUT2D eigenvalue weighted by atomic mass is 9.94. The molecule has 0 bridgehead atoms. The average molecular weight is 289 g/mol. The first kappa shape index (κ1) is 15.5. The lowest BCUT2D eigenvalue weighted by Gasteiger charge is -2.20. The van der Waals surface area contributed by atoms with E-state index in [1.165, 1.54) is 0 Å². The van der Waals surface area contributed by atoms with E-state index in [0.29, 0.717) is 12.8 Å². The number of hydrogen-bond acceptors (Lipinski definition) is 2. The van der Waals surface area contributed by atoms with Crippen LogP contribution >= 0.6 is 0 Å². The zero-order valence-corrected chi connectivity index (χ0v) is 12.8. The van der Waals surface area contributed by atoms with Gasteiger partial charge in [-0.1, -0.05) is 36.8 Å². The Morgan fingerprint density at radius 3 is 2.57 bits per heavy atom. The maximum Gasteiger partial charge on any atom is 0.307 e. The van der Waals surface area contributed by atoms with Gasteiger partial charge >= 0.3 is 5.97 Å². The molecule has 0 heterocycles. The predicted octanol–water partition coefficient (Wildman–Crippen LogP) is 2.92. The molecule has 21 heavy (non-hydrogen) atoms. The molecule has 4 atom stereocenters. The van der Waals surface area contributed by atoms with Gasteiger partial charge < -0.3 is 10.4 Å². The van der Waals surface area contributed by atoms with Crippen molar-refractivity contribution in [2.75, 3.05) is 0 Å². The standard InChI is InChI=1S/C17H23NO3/c1-10-5-4-6-13(7-10)12(3)18-16(19)14-8-11(2)9-15(14)17(20)21/h4-7,11-12,14-15H,8-9H2,1-3H3,(H,18,19)(H,20,21)/t11?,12-,14-,15+/m0/s1. The highest BCUT2D eigenvalue weighted by atomic mass is 16.4. The van der Waals surface area contributed by atoms with Crippen molar-refractivity contribution >= 4 is 11.9 Å². The molecule has 0 aromatic heterocycles. The number of hydrogen-bond donors (Lipinski definition) is 2. The normalized spacial score (nSPS) is 26.3. The molecule has 1 saturated carbocycles. The number of carbonyl (C=O) groups excluding carboxylic acids is 1. The summed E-state index contributed by atoms with van der Waals surface area (Å²) >= 11 is 0. The molecule has 2 rings (SSSR count). The second-order valence-electron chi connectivity index (χ2n) is 6.27. The zero-order chi connectivity index (χ0) is 15.6. The number of aryl methyl sites for hydroxylation is 1. The number of carbonyl (C=O) groups is 2. The Hall–Kier alpha value is -1.84. The third-order valence-electron chi connectivity index (χ3n) is 4.35. The predicted molar refractivity (Wildman–Crippen MR) is 80.8 cm³/mol. The van der Waals surface area contributed by atoms with E-state index in [1.54, 1.807) is 0 Å². The number of benzene rings is 1. The van der Waals surface area contributed by atoms with E-state index in [0.717, 1.165) is 11.1 Å². The molecule has 0 radical (unpaired) electrons. The summed E-state index contributed by atoms with van der Waals surface area (Å²) in [6, 6.07) is 7.88. The molecule has 1 aliphatic rings. The molecule has 4 nitrogen and oxygen atoms in total. The van der Waals surface area contributed by atoms with Crippen molar-refractivity contribution in [3.8, 4) is 0 Å². The fraction of sp³-hybridized carbons (Fsp3) is 0.529. The molecule has 2 N–H and O–H groups in total. The summed E-state index contributed by atoms with van der Waals surface area (Å²) in [4.78, 5) is 23.7. The third-order valence-corrected chi connectivity index (χ3v) is 4.35. The second-order valence-corrected chi connectivity index (χ2v) is 6.27. The first-order valence-electron chi connectivity index (χ1n) is 7.48. The molecule has 4 heteroatoms. The van der Waals surface area contributed by atoms with E-state index in [1.807, 2.05) is 45.0 Å². The maximum atomic E-state index is 12.4. The maximum absolute atomic E-state index is 12.4. The molecule has 1 aliphatic carbocycles. The molecule has 1 amide bonds. The van der Waals surface area contributed by atoms with Crippen LogP contribution in [0.1, 0.15) is 43.9 Å². The van der Waals surface area contributed by atoms with Gasteiger partial charge in [-0.2, -0.15) is 0 Å². The van der Waals surface area contributed by atoms with Gasteiger partial charge in [0.05, 0.1) is 17.9 Å². The molecule has 1 fully saturated rings. The Labute approximate surface area is 125 Å². The fourth-order valence-electron chi connectivity index (χ4n) is 3.20. The Bertz CT molecular complexity index is 541. The molecule has 114 valence electrons. The minimum absolute atomic E-state index is 0.109. The van der Waals surface area contributed by atoms with Crippen LogP contribution in [0.25, 0.3) is 0 Å². The molecule has 0 saturated heterocycles. The molecule has 1 aromatic rings. The number of carboxylic acids is 1. The monoisotopic (exact) mass is 289 g/mol. The summed E-state index contributed by atoms with van der Waals surface area (Å²) in [5.41, 5.74) is 2.19. The van der Waals surface area contributed by atoms with Crippen LogP contribution in [0.2, 0.25) is 0 Å². The summed E-state index contributed by atoms with van der Waals surface area (Å²) in [6.07, 6.45) is 1.25. The van der Waals surface area contributed by atoms with E-state index < -0.39 is 17.8 Å². The van der Waals surface area contributed by atoms with E-state index in [4.69, 9.17) is 0 Å². The van der Waals surface area contributed by atoms with Crippen LogP contribution in [0.15, 0.2) is 24.3 Å². The van der Waals surface area contributed by atoms with Crippen molar-refractivity contribution in [2.45, 2.75) is 39.7 Å². The largest absolute Gasteiger partial charge is 0.481 e. The highest BCUT2D eigenvalue weighted by Crippen LogP contribution is 2.36. The number of carboxylic acid groups (broad SMARTS) is 1. The quantitative estimate of drug-likeness (QED) is 0.895. The first-order chi connectivity index (χ1) is 9.88. The van der Waals surface area contributed by atoms with Gasteiger partial charge in [0.15, 0.2) is 0 Å². The van der Waals surface area contributed by atoms with E-state index in [2.05, 4.69) is 5.32 Å². The Balaban J connectivity index is 2.05. The number of aliphatic carboxylic acids is 1. The van der Waals surface area contributed by atoms with E-state index >= 15 is 0 Å². The lowest BCUT2D eigenvalue weighted by molar-refractivity contribution is -0.146. The highest BCUT2D eigenvalue weighted by molar-refractivity contribution is 5.85. The smallest absolute Gasteiger partial charge is 0.307 e. The van der Waals surface area contributed by atoms with E-state index in [-0.39, 0.29) is 17.9 Å². The van der Waals surface area contributed by atoms with Crippen LogP contribution in [0.4, 0.5) is 0 Å². The number of rotatable bonds is 4. The second kappa shape index (κ2) is 6.29. The number of nitrogens with one attached hydrogen (secondary N) is 1. The van der Waals surface area contributed by atoms with Crippen molar-refractivity contribution in [1.29, 1.82) is 0 Å². The first-order valence-corrected chi connectivity index (χ1v) is 7.48. The minimum atomic E-state index is -0.859. The average Bonchev–Trinajstić information content (AvgIpc) is 2.81. The van der Waals surface area contributed by atoms with Crippen molar-refractivity contribution in [3.05, 3.63) is 35.4 Å². The molecular weight excluding hydrogens is 266 g/mol. The molecule has 1 unspecified atom stereocenters. The summed E-state index contributed by atoms with van der Waals surface area (Å²) < 4.78 is 0. The van der Waals surface area contributed by atoms with Gasteiger partial charge in [-0.25, -0.2) is 0 Å². The number of amides is 1. The van der Waals surface area contributed by atoms with Gasteiger partial charge in [0.25, 0.3) is 0 Å².